The summed E-state index contributed by atoms with van der Waals surface area (Å²) < 4.78 is 0. The van der Waals surface area contributed by atoms with Gasteiger partial charge < -0.3 is 0 Å². The number of thiol groups is 1. The zero-order chi connectivity index (χ0) is 7.28. The fraction of sp³-hybridized carbons (Fsp3) is 0.571. The number of hydrogen-bond donors (Lipinski definition) is 1. The number of carbonyl (C=O) groups is 1. The van der Waals surface area contributed by atoms with Crippen LogP contribution in [0.25, 0.3) is 0 Å². The van der Waals surface area contributed by atoms with Crippen LogP contribution in [0.3, 0.4) is 0 Å². The highest BCUT2D eigenvalue weighted by molar-refractivity contribution is 7.96. The summed E-state index contributed by atoms with van der Waals surface area (Å²) in [7, 11) is 0. The van der Waals surface area contributed by atoms with Crippen LogP contribution in [0, 0.1) is 0 Å². The quantitative estimate of drug-likeness (QED) is 0.474. The summed E-state index contributed by atoms with van der Waals surface area (Å²) in [6, 6.07) is 0. The largest absolute Gasteiger partial charge is 0.287 e. The minimum atomic E-state index is -0.0313. The average Bonchev–Trinajstić information content (AvgIpc) is 1.83. The van der Waals surface area contributed by atoms with Crippen molar-refractivity contribution in [2.45, 2.75) is 26.7 Å². The Balaban J connectivity index is 3.39. The molecule has 0 radical (unpaired) electrons. The van der Waals surface area contributed by atoms with Gasteiger partial charge in [-0.3, -0.25) is 4.79 Å². The highest BCUT2D eigenvalue weighted by Gasteiger charge is 1.93. The van der Waals surface area contributed by atoms with Gasteiger partial charge in [0.05, 0.1) is 0 Å². The Morgan fingerprint density at radius 1 is 1.56 bits per heavy atom. The third kappa shape index (κ3) is 5.63. The Bertz CT molecular complexity index is 127. The first-order valence-electron chi connectivity index (χ1n) is 3.00. The highest BCUT2D eigenvalue weighted by atomic mass is 32.1. The van der Waals surface area contributed by atoms with Gasteiger partial charge in [-0.25, -0.2) is 0 Å². The number of rotatable bonds is 3. The zero-order valence-electron chi connectivity index (χ0n) is 5.85. The molecular weight excluding hydrogens is 132 g/mol. The molecule has 0 aromatic carbocycles. The summed E-state index contributed by atoms with van der Waals surface area (Å²) in [5, 5.41) is -0.0313. The Labute approximate surface area is 61.6 Å². The molecule has 0 rings (SSSR count). The standard InChI is InChI=1S/C7H12OS/c1-3-6(2)4-5-7(8)9/h3H,4-5H2,1-2H3,(H,8,9). The Morgan fingerprint density at radius 2 is 2.11 bits per heavy atom. The van der Waals surface area contributed by atoms with Crippen LogP contribution in [0.2, 0.25) is 0 Å². The molecule has 2 heteroatoms. The maximum Gasteiger partial charge on any atom is 0.186 e. The van der Waals surface area contributed by atoms with Crippen LogP contribution in [0.4, 0.5) is 0 Å². The summed E-state index contributed by atoms with van der Waals surface area (Å²) in [6.45, 7) is 3.98. The minimum absolute atomic E-state index is 0.0313. The lowest BCUT2D eigenvalue weighted by molar-refractivity contribution is -0.110. The van der Waals surface area contributed by atoms with Crippen molar-refractivity contribution in [1.29, 1.82) is 0 Å². The molecule has 0 fully saturated rings. The lowest BCUT2D eigenvalue weighted by Gasteiger charge is -1.93. The van der Waals surface area contributed by atoms with Gasteiger partial charge in [-0.2, -0.15) is 0 Å². The van der Waals surface area contributed by atoms with Gasteiger partial charge in [0.15, 0.2) is 5.12 Å². The normalized spacial score (nSPS) is 11.7. The second-order valence-electron chi connectivity index (χ2n) is 2.03. The second-order valence-corrected chi connectivity index (χ2v) is 2.53. The van der Waals surface area contributed by atoms with E-state index < -0.39 is 0 Å². The Kier molecular flexibility index (Phi) is 4.50. The molecule has 0 heterocycles. The van der Waals surface area contributed by atoms with Gasteiger partial charge in [0, 0.05) is 6.42 Å². The van der Waals surface area contributed by atoms with Gasteiger partial charge in [0.25, 0.3) is 0 Å². The van der Waals surface area contributed by atoms with Gasteiger partial charge in [0.1, 0.15) is 0 Å². The third-order valence-corrected chi connectivity index (χ3v) is 1.45. The molecule has 0 bridgehead atoms. The molecule has 0 saturated heterocycles. The fourth-order valence-electron chi connectivity index (χ4n) is 0.448. The summed E-state index contributed by atoms with van der Waals surface area (Å²) >= 11 is 3.65. The summed E-state index contributed by atoms with van der Waals surface area (Å²) in [6.07, 6.45) is 3.41. The third-order valence-electron chi connectivity index (χ3n) is 1.23. The van der Waals surface area contributed by atoms with Crippen molar-refractivity contribution < 1.29 is 4.79 Å². The average molecular weight is 144 g/mol. The molecule has 0 aromatic rings. The van der Waals surface area contributed by atoms with Crippen LogP contribution in [0.1, 0.15) is 26.7 Å². The van der Waals surface area contributed by atoms with Gasteiger partial charge in [-0.05, 0) is 20.3 Å². The van der Waals surface area contributed by atoms with E-state index in [1.165, 1.54) is 5.57 Å². The molecule has 9 heavy (non-hydrogen) atoms. The Morgan fingerprint density at radius 3 is 2.44 bits per heavy atom. The molecule has 0 aliphatic carbocycles. The maximum atomic E-state index is 10.3. The fourth-order valence-corrected chi connectivity index (χ4v) is 0.560. The summed E-state index contributed by atoms with van der Waals surface area (Å²) in [5.41, 5.74) is 1.25. The van der Waals surface area contributed by atoms with Crippen LogP contribution in [0.5, 0.6) is 0 Å². The number of allylic oxidation sites excluding steroid dienone is 2. The van der Waals surface area contributed by atoms with E-state index in [0.717, 1.165) is 6.42 Å². The van der Waals surface area contributed by atoms with E-state index >= 15 is 0 Å². The van der Waals surface area contributed by atoms with Gasteiger partial charge in [-0.15, -0.1) is 12.6 Å². The molecule has 0 spiro atoms. The van der Waals surface area contributed by atoms with E-state index in [9.17, 15) is 4.79 Å². The smallest absolute Gasteiger partial charge is 0.186 e. The molecule has 52 valence electrons. The highest BCUT2D eigenvalue weighted by Crippen LogP contribution is 2.04. The van der Waals surface area contributed by atoms with Gasteiger partial charge in [-0.1, -0.05) is 11.6 Å². The van der Waals surface area contributed by atoms with E-state index in [2.05, 4.69) is 12.6 Å². The maximum absolute atomic E-state index is 10.3. The van der Waals surface area contributed by atoms with Crippen LogP contribution < -0.4 is 0 Å². The van der Waals surface area contributed by atoms with E-state index in [1.807, 2.05) is 19.9 Å². The van der Waals surface area contributed by atoms with Crippen molar-refractivity contribution in [2.75, 3.05) is 0 Å². The molecule has 0 N–H and O–H groups in total. The number of carbonyl (C=O) groups excluding carboxylic acids is 1. The Hall–Kier alpha value is -0.240. The van der Waals surface area contributed by atoms with Crippen LogP contribution >= 0.6 is 12.6 Å². The van der Waals surface area contributed by atoms with Crippen LogP contribution in [-0.4, -0.2) is 5.12 Å². The predicted molar refractivity (Wildman–Crippen MR) is 42.7 cm³/mol. The van der Waals surface area contributed by atoms with Crippen molar-refractivity contribution in [3.8, 4) is 0 Å². The van der Waals surface area contributed by atoms with Crippen LogP contribution in [-0.2, 0) is 4.79 Å². The predicted octanol–water partition coefficient (Wildman–Crippen LogP) is 2.19. The molecule has 0 amide bonds. The van der Waals surface area contributed by atoms with Crippen molar-refractivity contribution in [3.05, 3.63) is 11.6 Å². The van der Waals surface area contributed by atoms with Crippen molar-refractivity contribution in [3.63, 3.8) is 0 Å². The summed E-state index contributed by atoms with van der Waals surface area (Å²) in [5.74, 6) is 0. The van der Waals surface area contributed by atoms with Gasteiger partial charge in [0.2, 0.25) is 0 Å². The zero-order valence-corrected chi connectivity index (χ0v) is 6.74. The minimum Gasteiger partial charge on any atom is -0.287 e. The molecule has 0 atom stereocenters. The molecule has 0 aliphatic rings. The topological polar surface area (TPSA) is 17.1 Å². The first-order chi connectivity index (χ1) is 4.16. The van der Waals surface area contributed by atoms with Crippen molar-refractivity contribution in [1.82, 2.24) is 0 Å². The van der Waals surface area contributed by atoms with E-state index in [4.69, 9.17) is 0 Å². The van der Waals surface area contributed by atoms with E-state index in [1.54, 1.807) is 0 Å². The lowest BCUT2D eigenvalue weighted by atomic mass is 10.2. The monoisotopic (exact) mass is 144 g/mol. The van der Waals surface area contributed by atoms with Crippen molar-refractivity contribution >= 4 is 17.7 Å². The number of hydrogen-bond acceptors (Lipinski definition) is 1. The van der Waals surface area contributed by atoms with Crippen molar-refractivity contribution in [2.24, 2.45) is 0 Å². The molecule has 0 aliphatic heterocycles. The first-order valence-corrected chi connectivity index (χ1v) is 3.45. The van der Waals surface area contributed by atoms with Crippen LogP contribution in [0.15, 0.2) is 11.6 Å². The van der Waals surface area contributed by atoms with E-state index in [-0.39, 0.29) is 5.12 Å². The molecule has 1 nitrogen and oxygen atoms in total. The summed E-state index contributed by atoms with van der Waals surface area (Å²) in [4.78, 5) is 10.3. The second kappa shape index (κ2) is 4.62. The molecule has 0 aromatic heterocycles. The molecule has 0 unspecified atom stereocenters. The lowest BCUT2D eigenvalue weighted by Crippen LogP contribution is -1.85. The SMILES string of the molecule is CC=C(C)CCC(=O)S. The van der Waals surface area contributed by atoms with Gasteiger partial charge >= 0.3 is 0 Å². The molecule has 0 saturated carbocycles. The molecular formula is C7H12OS. The van der Waals surface area contributed by atoms with E-state index in [0.29, 0.717) is 6.42 Å². The first kappa shape index (κ1) is 8.76.